The molecular weight excluding hydrogens is 337 g/mol. The lowest BCUT2D eigenvalue weighted by atomic mass is 10.1. The lowest BCUT2D eigenvalue weighted by molar-refractivity contribution is -0.0437. The molecule has 2 rings (SSSR count). The molecule has 2 aromatic rings. The first-order chi connectivity index (χ1) is 10.1. The van der Waals surface area contributed by atoms with Gasteiger partial charge in [0.15, 0.2) is 0 Å². The molecule has 0 bridgehead atoms. The summed E-state index contributed by atoms with van der Waals surface area (Å²) in [5.74, 6) is 0. The lowest BCUT2D eigenvalue weighted by Crippen LogP contribution is -2.24. The predicted octanol–water partition coefficient (Wildman–Crippen LogP) is 3.38. The molecule has 118 valence electrons. The van der Waals surface area contributed by atoms with Crippen LogP contribution in [0.3, 0.4) is 0 Å². The first-order valence-electron chi connectivity index (χ1n) is 5.99. The van der Waals surface area contributed by atoms with Crippen LogP contribution >= 0.6 is 0 Å². The van der Waals surface area contributed by atoms with Gasteiger partial charge in [-0.25, -0.2) is 8.42 Å². The van der Waals surface area contributed by atoms with Gasteiger partial charge in [-0.2, -0.15) is 13.2 Å². The number of hydrogen-bond acceptors (Lipinski definition) is 3. The molecule has 0 aromatic heterocycles. The van der Waals surface area contributed by atoms with Gasteiger partial charge >= 0.3 is 5.51 Å². The third-order valence-corrected chi connectivity index (χ3v) is 5.59. The summed E-state index contributed by atoms with van der Waals surface area (Å²) in [7, 11) is -7.43. The Balaban J connectivity index is 2.67. The highest BCUT2D eigenvalue weighted by Gasteiger charge is 2.48. The molecule has 0 spiro atoms. The van der Waals surface area contributed by atoms with Gasteiger partial charge in [0.25, 0.3) is 9.84 Å². The van der Waals surface area contributed by atoms with Gasteiger partial charge in [-0.15, -0.1) is 0 Å². The van der Waals surface area contributed by atoms with E-state index in [4.69, 9.17) is 0 Å². The molecule has 0 amide bonds. The first-order valence-corrected chi connectivity index (χ1v) is 9.03. The third kappa shape index (κ3) is 3.07. The zero-order chi connectivity index (χ0) is 16.5. The van der Waals surface area contributed by atoms with Crippen LogP contribution in [0.1, 0.15) is 0 Å². The van der Waals surface area contributed by atoms with Crippen LogP contribution < -0.4 is 0 Å². The van der Waals surface area contributed by atoms with Gasteiger partial charge < -0.3 is 0 Å². The van der Waals surface area contributed by atoms with Crippen molar-refractivity contribution in [2.24, 2.45) is 0 Å². The van der Waals surface area contributed by atoms with Crippen molar-refractivity contribution in [1.29, 1.82) is 0 Å². The molecule has 1 unspecified atom stereocenters. The van der Waals surface area contributed by atoms with Crippen LogP contribution in [-0.4, -0.2) is 24.4 Å². The molecule has 0 aliphatic rings. The van der Waals surface area contributed by atoms with Gasteiger partial charge in [-0.05, 0) is 23.3 Å². The van der Waals surface area contributed by atoms with Gasteiger partial charge in [0, 0.05) is 6.26 Å². The molecule has 1 atom stereocenters. The summed E-state index contributed by atoms with van der Waals surface area (Å²) < 4.78 is 72.9. The Morgan fingerprint density at radius 3 is 2.05 bits per heavy atom. The first kappa shape index (κ1) is 16.7. The molecule has 0 aliphatic heterocycles. The van der Waals surface area contributed by atoms with Crippen LogP contribution in [0.15, 0.2) is 58.3 Å². The van der Waals surface area contributed by atoms with Gasteiger partial charge in [0.05, 0.1) is 20.6 Å². The van der Waals surface area contributed by atoms with Crippen LogP contribution in [0.4, 0.5) is 13.2 Å². The second-order valence-corrected chi connectivity index (χ2v) is 7.69. The Kier molecular flexibility index (Phi) is 4.44. The molecule has 0 saturated carbocycles. The Bertz CT molecular complexity index is 813. The summed E-state index contributed by atoms with van der Waals surface area (Å²) in [5, 5.41) is 0. The summed E-state index contributed by atoms with van der Waals surface area (Å²) in [6.45, 7) is 0. The van der Waals surface area contributed by atoms with E-state index in [0.29, 0.717) is 11.1 Å². The van der Waals surface area contributed by atoms with Gasteiger partial charge in [0.1, 0.15) is 0 Å². The Morgan fingerprint density at radius 2 is 1.55 bits per heavy atom. The van der Waals surface area contributed by atoms with E-state index in [9.17, 15) is 25.8 Å². The third-order valence-electron chi connectivity index (χ3n) is 2.95. The van der Waals surface area contributed by atoms with Gasteiger partial charge in [0.2, 0.25) is 0 Å². The fraction of sp³-hybridized carbons (Fsp3) is 0.143. The van der Waals surface area contributed by atoms with E-state index in [1.807, 2.05) is 0 Å². The van der Waals surface area contributed by atoms with Crippen LogP contribution in [0.2, 0.25) is 0 Å². The fourth-order valence-electron chi connectivity index (χ4n) is 1.89. The smallest absolute Gasteiger partial charge is 0.255 e. The van der Waals surface area contributed by atoms with Crippen LogP contribution in [0.25, 0.3) is 11.1 Å². The van der Waals surface area contributed by atoms with Crippen molar-refractivity contribution in [3.8, 4) is 11.1 Å². The molecule has 0 radical (unpaired) electrons. The maximum absolute atomic E-state index is 12.7. The molecule has 0 fully saturated rings. The molecule has 0 aliphatic carbocycles. The average Bonchev–Trinajstić information content (AvgIpc) is 2.46. The summed E-state index contributed by atoms with van der Waals surface area (Å²) in [6, 6.07) is 12.0. The summed E-state index contributed by atoms with van der Waals surface area (Å²) >= 11 is 0. The van der Waals surface area contributed by atoms with E-state index >= 15 is 0 Å². The molecule has 0 N–H and O–H groups in total. The quantitative estimate of drug-likeness (QED) is 0.854. The molecule has 8 heteroatoms. The van der Waals surface area contributed by atoms with Crippen molar-refractivity contribution in [2.75, 3.05) is 6.26 Å². The minimum absolute atomic E-state index is 0.362. The number of hydrogen-bond donors (Lipinski definition) is 0. The number of sulfone groups is 1. The van der Waals surface area contributed by atoms with E-state index in [-0.39, 0.29) is 4.90 Å². The van der Waals surface area contributed by atoms with Crippen LogP contribution in [0, 0.1) is 0 Å². The zero-order valence-corrected chi connectivity index (χ0v) is 12.9. The van der Waals surface area contributed by atoms with Crippen molar-refractivity contribution in [1.82, 2.24) is 0 Å². The fourth-order valence-corrected chi connectivity index (χ4v) is 4.04. The lowest BCUT2D eigenvalue weighted by Gasteiger charge is -2.13. The van der Waals surface area contributed by atoms with E-state index in [0.717, 1.165) is 12.3 Å². The Morgan fingerprint density at radius 1 is 0.955 bits per heavy atom. The van der Waals surface area contributed by atoms with Gasteiger partial charge in [-0.3, -0.25) is 4.21 Å². The minimum Gasteiger partial charge on any atom is -0.255 e. The normalized spacial score (nSPS) is 13.8. The van der Waals surface area contributed by atoms with Gasteiger partial charge in [-0.1, -0.05) is 36.4 Å². The molecule has 0 saturated heterocycles. The summed E-state index contributed by atoms with van der Waals surface area (Å²) in [6.07, 6.45) is 1.14. The molecular formula is C14H11F3O3S2. The number of alkyl halides is 3. The van der Waals surface area contributed by atoms with Crippen molar-refractivity contribution in [2.45, 2.75) is 15.3 Å². The van der Waals surface area contributed by atoms with Crippen LogP contribution in [-0.2, 0) is 20.6 Å². The van der Waals surface area contributed by atoms with Crippen LogP contribution in [0.5, 0.6) is 0 Å². The second-order valence-electron chi connectivity index (χ2n) is 4.43. The molecule has 3 nitrogen and oxygen atoms in total. The molecule has 2 aromatic carbocycles. The van der Waals surface area contributed by atoms with E-state index in [1.54, 1.807) is 30.3 Å². The largest absolute Gasteiger partial charge is 0.501 e. The SMILES string of the molecule is CS(=O)c1cc(-c2ccccc2)ccc1S(=O)(=O)C(F)(F)F. The highest BCUT2D eigenvalue weighted by molar-refractivity contribution is 7.93. The molecule has 0 heterocycles. The minimum atomic E-state index is -5.54. The topological polar surface area (TPSA) is 51.2 Å². The van der Waals surface area contributed by atoms with E-state index < -0.39 is 31.0 Å². The van der Waals surface area contributed by atoms with Crippen molar-refractivity contribution in [3.05, 3.63) is 48.5 Å². The maximum Gasteiger partial charge on any atom is 0.501 e. The highest BCUT2D eigenvalue weighted by atomic mass is 32.2. The second kappa shape index (κ2) is 5.85. The van der Waals surface area contributed by atoms with Crippen molar-refractivity contribution in [3.63, 3.8) is 0 Å². The summed E-state index contributed by atoms with van der Waals surface area (Å²) in [4.78, 5) is -1.33. The predicted molar refractivity (Wildman–Crippen MR) is 77.5 cm³/mol. The number of rotatable bonds is 3. The zero-order valence-electron chi connectivity index (χ0n) is 11.3. The number of halogens is 3. The maximum atomic E-state index is 12.7. The molecule has 22 heavy (non-hydrogen) atoms. The van der Waals surface area contributed by atoms with E-state index in [1.165, 1.54) is 12.1 Å². The highest BCUT2D eigenvalue weighted by Crippen LogP contribution is 2.35. The average molecular weight is 348 g/mol. The van der Waals surface area contributed by atoms with Crippen molar-refractivity contribution >= 4 is 20.6 Å². The monoisotopic (exact) mass is 348 g/mol. The van der Waals surface area contributed by atoms with E-state index in [2.05, 4.69) is 0 Å². The standard InChI is InChI=1S/C14H11F3O3S2/c1-21(18)12-9-11(10-5-3-2-4-6-10)7-8-13(12)22(19,20)14(15,16)17/h2-9H,1H3. The number of benzene rings is 2. The Labute approximate surface area is 128 Å². The summed E-state index contributed by atoms with van der Waals surface area (Å²) in [5.41, 5.74) is -4.26. The Hall–Kier alpha value is -1.67. The van der Waals surface area contributed by atoms with Crippen molar-refractivity contribution < 1.29 is 25.8 Å².